The second kappa shape index (κ2) is 9.32. The summed E-state index contributed by atoms with van der Waals surface area (Å²) in [6.07, 6.45) is -0.285. The molecule has 0 aliphatic carbocycles. The molecule has 3 rings (SSSR count). The number of methoxy groups -OCH3 is 1. The van der Waals surface area contributed by atoms with Crippen molar-refractivity contribution in [2.24, 2.45) is 0 Å². The third-order valence-electron chi connectivity index (χ3n) is 4.75. The molecule has 1 amide bonds. The SMILES string of the molecule is COc1ccc(C(=O)O)cc1-c1nnc([C@@](C)(Cc2ccccc2)NC(=O)OC(C)(C)C)o1. The van der Waals surface area contributed by atoms with Gasteiger partial charge in [0.2, 0.25) is 5.89 Å². The summed E-state index contributed by atoms with van der Waals surface area (Å²) in [5, 5.41) is 20.5. The number of ether oxygens (including phenoxy) is 2. The normalized spacial score (nSPS) is 13.1. The number of rotatable bonds is 7. The summed E-state index contributed by atoms with van der Waals surface area (Å²) in [4.78, 5) is 24.0. The minimum absolute atomic E-state index is 0.0458. The number of hydrogen-bond acceptors (Lipinski definition) is 7. The Morgan fingerprint density at radius 1 is 1.06 bits per heavy atom. The van der Waals surface area contributed by atoms with Crippen molar-refractivity contribution < 1.29 is 28.6 Å². The van der Waals surface area contributed by atoms with E-state index < -0.39 is 23.2 Å². The van der Waals surface area contributed by atoms with Gasteiger partial charge in [-0.25, -0.2) is 9.59 Å². The number of nitrogens with zero attached hydrogens (tertiary/aromatic N) is 2. The molecule has 3 aromatic rings. The van der Waals surface area contributed by atoms with Crippen LogP contribution in [0.4, 0.5) is 4.79 Å². The Labute approximate surface area is 191 Å². The number of alkyl carbamates (subject to hydrolysis) is 1. The number of aromatic nitrogens is 2. The lowest BCUT2D eigenvalue weighted by molar-refractivity contribution is 0.0443. The first-order chi connectivity index (χ1) is 15.5. The van der Waals surface area contributed by atoms with Crippen molar-refractivity contribution in [3.63, 3.8) is 0 Å². The van der Waals surface area contributed by atoms with Crippen LogP contribution in [-0.2, 0) is 16.7 Å². The van der Waals surface area contributed by atoms with Gasteiger partial charge in [0.05, 0.1) is 18.2 Å². The highest BCUT2D eigenvalue weighted by Gasteiger charge is 2.37. The fourth-order valence-electron chi connectivity index (χ4n) is 3.27. The van der Waals surface area contributed by atoms with Gasteiger partial charge in [-0.3, -0.25) is 0 Å². The zero-order valence-corrected chi connectivity index (χ0v) is 19.2. The van der Waals surface area contributed by atoms with Crippen LogP contribution in [0.25, 0.3) is 11.5 Å². The molecule has 0 saturated heterocycles. The molecule has 1 aromatic heterocycles. The van der Waals surface area contributed by atoms with Crippen molar-refractivity contribution in [1.82, 2.24) is 15.5 Å². The van der Waals surface area contributed by atoms with Crippen molar-refractivity contribution in [2.75, 3.05) is 7.11 Å². The highest BCUT2D eigenvalue weighted by Crippen LogP contribution is 2.33. The van der Waals surface area contributed by atoms with E-state index in [-0.39, 0.29) is 17.3 Å². The fraction of sp³-hybridized carbons (Fsp3) is 0.333. The largest absolute Gasteiger partial charge is 0.496 e. The van der Waals surface area contributed by atoms with Crippen LogP contribution < -0.4 is 10.1 Å². The molecule has 0 unspecified atom stereocenters. The Kier molecular flexibility index (Phi) is 6.71. The summed E-state index contributed by atoms with van der Waals surface area (Å²) in [5.74, 6) is -0.524. The maximum absolute atomic E-state index is 12.6. The lowest BCUT2D eigenvalue weighted by atomic mass is 9.92. The summed E-state index contributed by atoms with van der Waals surface area (Å²) >= 11 is 0. The minimum Gasteiger partial charge on any atom is -0.496 e. The zero-order chi connectivity index (χ0) is 24.2. The molecule has 0 fully saturated rings. The number of nitrogens with one attached hydrogen (secondary N) is 1. The molecule has 2 N–H and O–H groups in total. The monoisotopic (exact) mass is 453 g/mol. The summed E-state index contributed by atoms with van der Waals surface area (Å²) in [7, 11) is 1.46. The van der Waals surface area contributed by atoms with Crippen LogP contribution in [0.5, 0.6) is 5.75 Å². The molecule has 33 heavy (non-hydrogen) atoms. The predicted molar refractivity (Wildman–Crippen MR) is 120 cm³/mol. The first-order valence-electron chi connectivity index (χ1n) is 10.3. The molecule has 0 radical (unpaired) electrons. The topological polar surface area (TPSA) is 124 Å². The van der Waals surface area contributed by atoms with E-state index in [0.717, 1.165) is 5.56 Å². The van der Waals surface area contributed by atoms with Gasteiger partial charge in [0.15, 0.2) is 0 Å². The van der Waals surface area contributed by atoms with Crippen LogP contribution in [-0.4, -0.2) is 40.1 Å². The molecule has 1 atom stereocenters. The van der Waals surface area contributed by atoms with E-state index in [1.54, 1.807) is 27.7 Å². The number of hydrogen-bond donors (Lipinski definition) is 2. The molecule has 0 bridgehead atoms. The van der Waals surface area contributed by atoms with Crippen molar-refractivity contribution in [2.45, 2.75) is 45.3 Å². The number of carbonyl (C=O) groups excluding carboxylic acids is 1. The number of carboxylic acid groups (broad SMARTS) is 1. The van der Waals surface area contributed by atoms with E-state index in [1.807, 2.05) is 30.3 Å². The molecular weight excluding hydrogens is 426 g/mol. The fourth-order valence-corrected chi connectivity index (χ4v) is 3.27. The van der Waals surface area contributed by atoms with Crippen molar-refractivity contribution in [1.29, 1.82) is 0 Å². The number of aromatic carboxylic acids is 1. The summed E-state index contributed by atoms with van der Waals surface area (Å²) in [6.45, 7) is 7.07. The van der Waals surface area contributed by atoms with Crippen molar-refractivity contribution >= 4 is 12.1 Å². The van der Waals surface area contributed by atoms with Crippen LogP contribution in [0, 0.1) is 0 Å². The predicted octanol–water partition coefficient (Wildman–Crippen LogP) is 4.43. The molecule has 0 aliphatic rings. The van der Waals surface area contributed by atoms with Gasteiger partial charge in [-0.2, -0.15) is 0 Å². The summed E-state index contributed by atoms with van der Waals surface area (Å²) < 4.78 is 16.7. The molecule has 9 heteroatoms. The maximum Gasteiger partial charge on any atom is 0.408 e. The Morgan fingerprint density at radius 2 is 1.76 bits per heavy atom. The minimum atomic E-state index is -1.10. The molecule has 9 nitrogen and oxygen atoms in total. The van der Waals surface area contributed by atoms with Crippen molar-refractivity contribution in [3.05, 3.63) is 65.5 Å². The average molecular weight is 453 g/mol. The van der Waals surface area contributed by atoms with E-state index in [0.29, 0.717) is 17.7 Å². The van der Waals surface area contributed by atoms with E-state index in [1.165, 1.54) is 25.3 Å². The van der Waals surface area contributed by atoms with Crippen LogP contribution in [0.3, 0.4) is 0 Å². The molecule has 2 aromatic carbocycles. The highest BCUT2D eigenvalue weighted by atomic mass is 16.6. The first-order valence-corrected chi connectivity index (χ1v) is 10.3. The molecule has 1 heterocycles. The standard InChI is InChI=1S/C24H27N3O6/c1-23(2,3)33-22(30)25-24(4,14-15-9-7-6-8-10-15)21-27-26-19(32-21)17-13-16(20(28)29)11-12-18(17)31-5/h6-13H,14H2,1-5H3,(H,25,30)(H,28,29)/t24-/m1/s1. The Morgan fingerprint density at radius 3 is 2.36 bits per heavy atom. The van der Waals surface area contributed by atoms with Gasteiger partial charge in [-0.1, -0.05) is 30.3 Å². The molecule has 174 valence electrons. The summed E-state index contributed by atoms with van der Waals surface area (Å²) in [6, 6.07) is 13.9. The lowest BCUT2D eigenvalue weighted by Crippen LogP contribution is -2.47. The van der Waals surface area contributed by atoms with Gasteiger partial charge < -0.3 is 24.3 Å². The van der Waals surface area contributed by atoms with Gasteiger partial charge >= 0.3 is 12.1 Å². The quantitative estimate of drug-likeness (QED) is 0.539. The van der Waals surface area contributed by atoms with Gasteiger partial charge in [0.1, 0.15) is 16.9 Å². The smallest absolute Gasteiger partial charge is 0.408 e. The second-order valence-electron chi connectivity index (χ2n) is 8.75. The Balaban J connectivity index is 2.01. The number of benzene rings is 2. The summed E-state index contributed by atoms with van der Waals surface area (Å²) in [5.41, 5.74) is -0.490. The third kappa shape index (κ3) is 5.88. The van der Waals surface area contributed by atoms with Crippen LogP contribution in [0.1, 0.15) is 49.5 Å². The maximum atomic E-state index is 12.6. The van der Waals surface area contributed by atoms with Crippen molar-refractivity contribution in [3.8, 4) is 17.2 Å². The van der Waals surface area contributed by atoms with Crippen LogP contribution >= 0.6 is 0 Å². The van der Waals surface area contributed by atoms with Gasteiger partial charge in [0, 0.05) is 6.42 Å². The highest BCUT2D eigenvalue weighted by molar-refractivity contribution is 5.89. The van der Waals surface area contributed by atoms with E-state index in [9.17, 15) is 14.7 Å². The van der Waals surface area contributed by atoms with Crippen LogP contribution in [0.2, 0.25) is 0 Å². The van der Waals surface area contributed by atoms with E-state index in [4.69, 9.17) is 13.9 Å². The Hall–Kier alpha value is -3.88. The van der Waals surface area contributed by atoms with Crippen LogP contribution in [0.15, 0.2) is 52.9 Å². The van der Waals surface area contributed by atoms with Gasteiger partial charge in [-0.15, -0.1) is 10.2 Å². The lowest BCUT2D eigenvalue weighted by Gasteiger charge is -2.29. The second-order valence-corrected chi connectivity index (χ2v) is 8.75. The van der Waals surface area contributed by atoms with Gasteiger partial charge in [0.25, 0.3) is 5.89 Å². The Bertz CT molecular complexity index is 1140. The molecule has 0 spiro atoms. The number of carbonyl (C=O) groups is 2. The van der Waals surface area contributed by atoms with Gasteiger partial charge in [-0.05, 0) is 51.5 Å². The molecular formula is C24H27N3O6. The third-order valence-corrected chi connectivity index (χ3v) is 4.75. The average Bonchev–Trinajstić information content (AvgIpc) is 3.23. The number of amides is 1. The zero-order valence-electron chi connectivity index (χ0n) is 19.2. The molecule has 0 aliphatic heterocycles. The molecule has 0 saturated carbocycles. The van der Waals surface area contributed by atoms with E-state index >= 15 is 0 Å². The van der Waals surface area contributed by atoms with E-state index in [2.05, 4.69) is 15.5 Å². The number of carboxylic acids is 1. The first kappa shape index (κ1) is 23.8.